The second-order valence-corrected chi connectivity index (χ2v) is 7.71. The average molecular weight is 398 g/mol. The molecule has 0 radical (unpaired) electrons. The number of aryl methyl sites for hydroxylation is 3. The molecule has 0 unspecified atom stereocenters. The number of hydrogen-bond acceptors (Lipinski definition) is 6. The minimum absolute atomic E-state index is 0.103. The van der Waals surface area contributed by atoms with Crippen molar-refractivity contribution in [1.29, 1.82) is 0 Å². The number of nitrogens with one attached hydrogen (secondary N) is 1. The molecule has 1 aliphatic rings. The monoisotopic (exact) mass is 398 g/mol. The number of nitro benzene ring substituents is 1. The van der Waals surface area contributed by atoms with E-state index in [1.54, 1.807) is 17.4 Å². The van der Waals surface area contributed by atoms with Crippen molar-refractivity contribution >= 4 is 33.1 Å². The lowest BCUT2D eigenvalue weighted by molar-refractivity contribution is -0.385. The van der Waals surface area contributed by atoms with Gasteiger partial charge in [0.05, 0.1) is 10.3 Å². The highest BCUT2D eigenvalue weighted by molar-refractivity contribution is 7.18. The van der Waals surface area contributed by atoms with Crippen molar-refractivity contribution in [2.24, 2.45) is 0 Å². The first-order valence-corrected chi connectivity index (χ1v) is 9.93. The number of thiophene rings is 1. The number of aromatic nitrogens is 2. The number of carbonyl (C=O) groups excluding carboxylic acids is 1. The van der Waals surface area contributed by atoms with Gasteiger partial charge in [0.15, 0.2) is 0 Å². The van der Waals surface area contributed by atoms with Crippen LogP contribution >= 0.6 is 11.3 Å². The Hall–Kier alpha value is -3.07. The van der Waals surface area contributed by atoms with Crippen molar-refractivity contribution in [1.82, 2.24) is 9.66 Å². The smallest absolute Gasteiger partial charge is 0.267 e. The molecule has 0 atom stereocenters. The predicted molar refractivity (Wildman–Crippen MR) is 107 cm³/mol. The Morgan fingerprint density at radius 1 is 1.32 bits per heavy atom. The first-order chi connectivity index (χ1) is 13.5. The summed E-state index contributed by atoms with van der Waals surface area (Å²) in [6.07, 6.45) is 4.33. The fraction of sp³-hybridized carbons (Fsp3) is 0.316. The Bertz CT molecular complexity index is 1160. The molecule has 0 saturated heterocycles. The fourth-order valence-corrected chi connectivity index (χ4v) is 4.86. The molecule has 4 rings (SSSR count). The second-order valence-electron chi connectivity index (χ2n) is 6.63. The SMILES string of the molecule is CCc1nc2sc3c(c2c(=O)n1NC(=O)c1ccccc1[N+](=O)[O-])CCCC3. The number of fused-ring (bicyclic) bond motifs is 3. The van der Waals surface area contributed by atoms with E-state index in [-0.39, 0.29) is 16.8 Å². The van der Waals surface area contributed by atoms with Crippen LogP contribution in [0.1, 0.15) is 46.4 Å². The summed E-state index contributed by atoms with van der Waals surface area (Å²) in [5.74, 6) is -0.294. The summed E-state index contributed by atoms with van der Waals surface area (Å²) in [7, 11) is 0. The quantitative estimate of drug-likeness (QED) is 0.536. The Balaban J connectivity index is 1.83. The minimum Gasteiger partial charge on any atom is -0.267 e. The van der Waals surface area contributed by atoms with Gasteiger partial charge in [0, 0.05) is 17.4 Å². The van der Waals surface area contributed by atoms with Gasteiger partial charge in [-0.1, -0.05) is 19.1 Å². The van der Waals surface area contributed by atoms with Crippen LogP contribution in [0.4, 0.5) is 5.69 Å². The summed E-state index contributed by atoms with van der Waals surface area (Å²) in [6.45, 7) is 1.84. The van der Waals surface area contributed by atoms with E-state index < -0.39 is 10.8 Å². The van der Waals surface area contributed by atoms with Crippen molar-refractivity contribution < 1.29 is 9.72 Å². The van der Waals surface area contributed by atoms with Gasteiger partial charge in [-0.2, -0.15) is 0 Å². The van der Waals surface area contributed by atoms with E-state index >= 15 is 0 Å². The summed E-state index contributed by atoms with van der Waals surface area (Å²) >= 11 is 1.55. The number of para-hydroxylation sites is 1. The lowest BCUT2D eigenvalue weighted by Crippen LogP contribution is -2.36. The Morgan fingerprint density at radius 2 is 2.07 bits per heavy atom. The van der Waals surface area contributed by atoms with Gasteiger partial charge in [-0.25, -0.2) is 9.66 Å². The van der Waals surface area contributed by atoms with Crippen molar-refractivity contribution in [3.63, 3.8) is 0 Å². The topological polar surface area (TPSA) is 107 Å². The van der Waals surface area contributed by atoms with Gasteiger partial charge < -0.3 is 0 Å². The number of amides is 1. The second kappa shape index (κ2) is 7.16. The number of carbonyl (C=O) groups is 1. The lowest BCUT2D eigenvalue weighted by atomic mass is 9.97. The van der Waals surface area contributed by atoms with Crippen LogP contribution in [0.3, 0.4) is 0 Å². The average Bonchev–Trinajstić information content (AvgIpc) is 3.08. The normalized spacial score (nSPS) is 13.3. The molecule has 9 heteroatoms. The van der Waals surface area contributed by atoms with Gasteiger partial charge in [-0.05, 0) is 37.3 Å². The van der Waals surface area contributed by atoms with Crippen LogP contribution < -0.4 is 11.0 Å². The Morgan fingerprint density at radius 3 is 2.82 bits per heavy atom. The summed E-state index contributed by atoms with van der Waals surface area (Å²) in [4.78, 5) is 43.0. The van der Waals surface area contributed by atoms with Gasteiger partial charge in [-0.3, -0.25) is 25.1 Å². The molecule has 1 aromatic carbocycles. The van der Waals surface area contributed by atoms with Crippen LogP contribution in [0, 0.1) is 10.1 Å². The van der Waals surface area contributed by atoms with E-state index in [2.05, 4.69) is 10.4 Å². The van der Waals surface area contributed by atoms with Gasteiger partial charge >= 0.3 is 0 Å². The number of hydrogen-bond donors (Lipinski definition) is 1. The number of benzene rings is 1. The van der Waals surface area contributed by atoms with Crippen LogP contribution in [-0.4, -0.2) is 20.5 Å². The molecule has 1 aliphatic carbocycles. The predicted octanol–water partition coefficient (Wildman–Crippen LogP) is 3.19. The Labute approximate surface area is 164 Å². The molecule has 0 fully saturated rings. The molecule has 3 aromatic rings. The molecule has 0 spiro atoms. The van der Waals surface area contributed by atoms with E-state index in [9.17, 15) is 19.7 Å². The van der Waals surface area contributed by atoms with E-state index in [1.165, 1.54) is 23.1 Å². The third-order valence-corrected chi connectivity index (χ3v) is 6.12. The molecule has 0 bridgehead atoms. The highest BCUT2D eigenvalue weighted by Gasteiger charge is 2.24. The molecule has 1 N–H and O–H groups in total. The maximum atomic E-state index is 13.2. The first-order valence-electron chi connectivity index (χ1n) is 9.12. The molecule has 2 heterocycles. The molecule has 0 saturated carbocycles. The van der Waals surface area contributed by atoms with Crippen molar-refractivity contribution in [3.8, 4) is 0 Å². The molecule has 144 valence electrons. The number of nitrogens with zero attached hydrogens (tertiary/aromatic N) is 3. The maximum Gasteiger partial charge on any atom is 0.282 e. The van der Waals surface area contributed by atoms with Crippen molar-refractivity contribution in [2.45, 2.75) is 39.0 Å². The zero-order valence-electron chi connectivity index (χ0n) is 15.2. The van der Waals surface area contributed by atoms with E-state index in [0.717, 1.165) is 35.9 Å². The molecular weight excluding hydrogens is 380 g/mol. The minimum atomic E-state index is -0.714. The van der Waals surface area contributed by atoms with Crippen LogP contribution in [0.2, 0.25) is 0 Å². The molecular formula is C19H18N4O4S. The number of nitro groups is 1. The van der Waals surface area contributed by atoms with E-state index in [0.29, 0.717) is 22.5 Å². The highest BCUT2D eigenvalue weighted by Crippen LogP contribution is 2.33. The summed E-state index contributed by atoms with van der Waals surface area (Å²) in [5.41, 5.74) is 2.82. The van der Waals surface area contributed by atoms with Crippen molar-refractivity contribution in [2.75, 3.05) is 5.43 Å². The van der Waals surface area contributed by atoms with E-state index in [4.69, 9.17) is 0 Å². The van der Waals surface area contributed by atoms with Crippen molar-refractivity contribution in [3.05, 3.63) is 66.6 Å². The van der Waals surface area contributed by atoms with Gasteiger partial charge in [0.1, 0.15) is 16.2 Å². The largest absolute Gasteiger partial charge is 0.282 e. The third kappa shape index (κ3) is 2.97. The molecule has 8 nitrogen and oxygen atoms in total. The van der Waals surface area contributed by atoms with E-state index in [1.807, 2.05) is 6.92 Å². The van der Waals surface area contributed by atoms with Crippen LogP contribution in [0.25, 0.3) is 10.2 Å². The third-order valence-electron chi connectivity index (χ3n) is 4.93. The molecule has 1 amide bonds. The summed E-state index contributed by atoms with van der Waals surface area (Å²) in [5, 5.41) is 11.8. The van der Waals surface area contributed by atoms with Crippen LogP contribution in [0.5, 0.6) is 0 Å². The van der Waals surface area contributed by atoms with Crippen LogP contribution in [0.15, 0.2) is 29.1 Å². The van der Waals surface area contributed by atoms with Crippen LogP contribution in [-0.2, 0) is 19.3 Å². The summed E-state index contributed by atoms with van der Waals surface area (Å²) < 4.78 is 1.14. The van der Waals surface area contributed by atoms with Gasteiger partial charge in [-0.15, -0.1) is 11.3 Å². The zero-order chi connectivity index (χ0) is 19.8. The fourth-order valence-electron chi connectivity index (χ4n) is 3.59. The number of rotatable bonds is 4. The molecule has 2 aromatic heterocycles. The lowest BCUT2D eigenvalue weighted by Gasteiger charge is -2.14. The summed E-state index contributed by atoms with van der Waals surface area (Å²) in [6, 6.07) is 5.66. The molecule has 28 heavy (non-hydrogen) atoms. The first kappa shape index (κ1) is 18.3. The Kier molecular flexibility index (Phi) is 4.68. The highest BCUT2D eigenvalue weighted by atomic mass is 32.1. The van der Waals surface area contributed by atoms with Gasteiger partial charge in [0.25, 0.3) is 17.2 Å². The zero-order valence-corrected chi connectivity index (χ0v) is 16.0. The molecule has 0 aliphatic heterocycles. The maximum absolute atomic E-state index is 13.2. The standard InChI is InChI=1S/C19H18N4O4S/c1-2-15-20-18-16(12-8-4-6-10-14(12)28-18)19(25)22(15)21-17(24)11-7-3-5-9-13(11)23(26)27/h3,5,7,9H,2,4,6,8,10H2,1H3,(H,21,24). The van der Waals surface area contributed by atoms with Gasteiger partial charge in [0.2, 0.25) is 0 Å².